The van der Waals surface area contributed by atoms with Crippen molar-refractivity contribution in [2.24, 2.45) is 0 Å². The summed E-state index contributed by atoms with van der Waals surface area (Å²) >= 11 is 0. The molecule has 2 atom stereocenters. The van der Waals surface area contributed by atoms with E-state index in [-0.39, 0.29) is 18.1 Å². The number of carbonyl (C=O) groups excluding carboxylic acids is 1. The van der Waals surface area contributed by atoms with Gasteiger partial charge in [-0.25, -0.2) is 0 Å². The third-order valence-corrected chi connectivity index (χ3v) is 2.74. The largest absolute Gasteiger partial charge is 0.391 e. The van der Waals surface area contributed by atoms with Gasteiger partial charge in [-0.15, -0.1) is 0 Å². The second-order valence-corrected chi connectivity index (χ2v) is 3.71. The lowest BCUT2D eigenvalue weighted by molar-refractivity contribution is -0.129. The molecule has 3 nitrogen and oxygen atoms in total. The van der Waals surface area contributed by atoms with Crippen LogP contribution >= 0.6 is 0 Å². The van der Waals surface area contributed by atoms with Crippen LogP contribution in [-0.2, 0) is 4.79 Å². The van der Waals surface area contributed by atoms with Gasteiger partial charge in [0.05, 0.1) is 12.1 Å². The molecule has 2 unspecified atom stereocenters. The topological polar surface area (TPSA) is 40.5 Å². The highest BCUT2D eigenvalue weighted by molar-refractivity contribution is 5.93. The number of hydrogen-bond donors (Lipinski definition) is 1. The van der Waals surface area contributed by atoms with Crippen LogP contribution in [0.4, 0.5) is 0 Å². The minimum atomic E-state index is -0.378. The smallest absolute Gasteiger partial charge is 0.298 e. The third-order valence-electron chi connectivity index (χ3n) is 2.74. The van der Waals surface area contributed by atoms with Crippen molar-refractivity contribution in [3.63, 3.8) is 0 Å². The van der Waals surface area contributed by atoms with Crippen molar-refractivity contribution in [3.05, 3.63) is 0 Å². The van der Waals surface area contributed by atoms with Crippen LogP contribution in [0, 0.1) is 11.8 Å². The number of aliphatic hydroxyl groups excluding tert-OH is 1. The Labute approximate surface area is 85.1 Å². The molecule has 0 aromatic heterocycles. The average molecular weight is 195 g/mol. The van der Waals surface area contributed by atoms with Gasteiger partial charge in [-0.05, 0) is 25.7 Å². The van der Waals surface area contributed by atoms with Gasteiger partial charge in [0.1, 0.15) is 0 Å². The Balaban J connectivity index is 2.60. The van der Waals surface area contributed by atoms with Crippen molar-refractivity contribution in [3.8, 4) is 11.8 Å². The van der Waals surface area contributed by atoms with E-state index < -0.39 is 0 Å². The number of amides is 1. The standard InChI is InChI=1S/C11H17NO2/c1-3-6-11(14)12(2)9-7-4-5-8-10(9)13/h9-10,13H,4-5,7-8H2,1-2H3. The number of carbonyl (C=O) groups is 1. The minimum absolute atomic E-state index is 0.0444. The highest BCUT2D eigenvalue weighted by atomic mass is 16.3. The summed E-state index contributed by atoms with van der Waals surface area (Å²) in [5.41, 5.74) is 0. The Hall–Kier alpha value is -1.01. The van der Waals surface area contributed by atoms with E-state index in [0.29, 0.717) is 0 Å². The monoisotopic (exact) mass is 195 g/mol. The Kier molecular flexibility index (Phi) is 3.97. The molecular formula is C11H17NO2. The van der Waals surface area contributed by atoms with E-state index in [9.17, 15) is 9.90 Å². The molecule has 14 heavy (non-hydrogen) atoms. The predicted molar refractivity (Wildman–Crippen MR) is 54.5 cm³/mol. The minimum Gasteiger partial charge on any atom is -0.391 e. The second-order valence-electron chi connectivity index (χ2n) is 3.71. The van der Waals surface area contributed by atoms with Crippen LogP contribution < -0.4 is 0 Å². The van der Waals surface area contributed by atoms with Crippen LogP contribution in [0.15, 0.2) is 0 Å². The summed E-state index contributed by atoms with van der Waals surface area (Å²) in [5, 5.41) is 9.71. The van der Waals surface area contributed by atoms with Gasteiger partial charge in [0.2, 0.25) is 0 Å². The van der Waals surface area contributed by atoms with E-state index >= 15 is 0 Å². The fourth-order valence-corrected chi connectivity index (χ4v) is 1.89. The lowest BCUT2D eigenvalue weighted by Gasteiger charge is -2.34. The molecule has 78 valence electrons. The Morgan fingerprint density at radius 1 is 1.43 bits per heavy atom. The molecule has 0 spiro atoms. The molecule has 1 amide bonds. The first-order valence-corrected chi connectivity index (χ1v) is 5.04. The van der Waals surface area contributed by atoms with Crippen LogP contribution in [0.5, 0.6) is 0 Å². The first kappa shape index (κ1) is 11.1. The maximum Gasteiger partial charge on any atom is 0.298 e. The molecule has 1 N–H and O–H groups in total. The highest BCUT2D eigenvalue weighted by Gasteiger charge is 2.28. The number of rotatable bonds is 1. The maximum atomic E-state index is 11.4. The number of hydrogen-bond acceptors (Lipinski definition) is 2. The van der Waals surface area contributed by atoms with E-state index in [0.717, 1.165) is 25.7 Å². The summed E-state index contributed by atoms with van der Waals surface area (Å²) in [6.07, 6.45) is 3.44. The van der Waals surface area contributed by atoms with E-state index in [1.165, 1.54) is 0 Å². The summed E-state index contributed by atoms with van der Waals surface area (Å²) in [7, 11) is 1.71. The van der Waals surface area contributed by atoms with Crippen molar-refractivity contribution in [2.45, 2.75) is 44.8 Å². The molecule has 0 heterocycles. The molecule has 1 fully saturated rings. The van der Waals surface area contributed by atoms with Crippen LogP contribution in [-0.4, -0.2) is 35.1 Å². The van der Waals surface area contributed by atoms with Gasteiger partial charge in [0, 0.05) is 7.05 Å². The van der Waals surface area contributed by atoms with E-state index in [1.807, 2.05) is 0 Å². The van der Waals surface area contributed by atoms with Crippen molar-refractivity contribution in [1.29, 1.82) is 0 Å². The summed E-state index contributed by atoms with van der Waals surface area (Å²) in [6, 6.07) is -0.0444. The Morgan fingerprint density at radius 2 is 2.07 bits per heavy atom. The maximum absolute atomic E-state index is 11.4. The molecule has 3 heteroatoms. The Morgan fingerprint density at radius 3 is 2.64 bits per heavy atom. The molecule has 0 aliphatic heterocycles. The van der Waals surface area contributed by atoms with Gasteiger partial charge in [-0.1, -0.05) is 18.8 Å². The van der Waals surface area contributed by atoms with E-state index in [2.05, 4.69) is 11.8 Å². The van der Waals surface area contributed by atoms with Crippen LogP contribution in [0.1, 0.15) is 32.6 Å². The molecule has 1 rings (SSSR count). The quantitative estimate of drug-likeness (QED) is 0.628. The molecule has 0 aromatic rings. The first-order chi connectivity index (χ1) is 6.66. The highest BCUT2D eigenvalue weighted by Crippen LogP contribution is 2.22. The van der Waals surface area contributed by atoms with Gasteiger partial charge in [-0.3, -0.25) is 4.79 Å². The summed E-state index contributed by atoms with van der Waals surface area (Å²) < 4.78 is 0. The molecule has 0 aromatic carbocycles. The van der Waals surface area contributed by atoms with Gasteiger partial charge in [0.15, 0.2) is 0 Å². The predicted octanol–water partition coefficient (Wildman–Crippen LogP) is 0.772. The second kappa shape index (κ2) is 5.02. The van der Waals surface area contributed by atoms with Gasteiger partial charge >= 0.3 is 0 Å². The average Bonchev–Trinajstić information content (AvgIpc) is 2.18. The molecular weight excluding hydrogens is 178 g/mol. The van der Waals surface area contributed by atoms with Crippen molar-refractivity contribution in [2.75, 3.05) is 7.05 Å². The lowest BCUT2D eigenvalue weighted by atomic mass is 9.91. The number of aliphatic hydroxyl groups is 1. The van der Waals surface area contributed by atoms with E-state index in [1.54, 1.807) is 18.9 Å². The molecule has 0 radical (unpaired) electrons. The van der Waals surface area contributed by atoms with Gasteiger partial charge in [-0.2, -0.15) is 0 Å². The Bertz CT molecular complexity index is 264. The summed E-state index contributed by atoms with van der Waals surface area (Å²) in [4.78, 5) is 13.0. The zero-order chi connectivity index (χ0) is 10.6. The van der Waals surface area contributed by atoms with Gasteiger partial charge < -0.3 is 10.0 Å². The zero-order valence-electron chi connectivity index (χ0n) is 8.79. The van der Waals surface area contributed by atoms with Crippen molar-refractivity contribution >= 4 is 5.91 Å². The normalized spacial score (nSPS) is 26.2. The molecule has 1 aliphatic carbocycles. The molecule has 1 saturated carbocycles. The van der Waals surface area contributed by atoms with Crippen LogP contribution in [0.25, 0.3) is 0 Å². The van der Waals surface area contributed by atoms with Crippen LogP contribution in [0.2, 0.25) is 0 Å². The lowest BCUT2D eigenvalue weighted by Crippen LogP contribution is -2.45. The van der Waals surface area contributed by atoms with E-state index in [4.69, 9.17) is 0 Å². The first-order valence-electron chi connectivity index (χ1n) is 5.04. The van der Waals surface area contributed by atoms with Crippen molar-refractivity contribution < 1.29 is 9.90 Å². The fourth-order valence-electron chi connectivity index (χ4n) is 1.89. The SMILES string of the molecule is CC#CC(=O)N(C)C1CCCCC1O. The summed E-state index contributed by atoms with van der Waals surface area (Å²) in [5.74, 6) is 4.87. The molecule has 0 saturated heterocycles. The number of likely N-dealkylation sites (N-methyl/N-ethyl adjacent to an activating group) is 1. The number of nitrogens with zero attached hydrogens (tertiary/aromatic N) is 1. The molecule has 1 aliphatic rings. The third kappa shape index (κ3) is 2.49. The van der Waals surface area contributed by atoms with Crippen molar-refractivity contribution in [1.82, 2.24) is 4.90 Å². The fraction of sp³-hybridized carbons (Fsp3) is 0.727. The zero-order valence-corrected chi connectivity index (χ0v) is 8.79. The summed E-state index contributed by atoms with van der Waals surface area (Å²) in [6.45, 7) is 1.64. The van der Waals surface area contributed by atoms with Crippen LogP contribution in [0.3, 0.4) is 0 Å². The molecule has 0 bridgehead atoms. The van der Waals surface area contributed by atoms with Gasteiger partial charge in [0.25, 0.3) is 5.91 Å².